The quantitative estimate of drug-likeness (QED) is 0.709. The first-order chi connectivity index (χ1) is 7.80. The van der Waals surface area contributed by atoms with Gasteiger partial charge >= 0.3 is 5.97 Å². The molecule has 0 amide bonds. The Balaban J connectivity index is 2.80. The predicted octanol–water partition coefficient (Wildman–Crippen LogP) is 0.360. The van der Waals surface area contributed by atoms with E-state index in [2.05, 4.69) is 5.32 Å². The van der Waals surface area contributed by atoms with Crippen LogP contribution in [0, 0.1) is 5.82 Å². The van der Waals surface area contributed by atoms with Crippen molar-refractivity contribution < 1.29 is 22.7 Å². The zero-order chi connectivity index (χ0) is 13.1. The van der Waals surface area contributed by atoms with Gasteiger partial charge in [-0.25, -0.2) is 17.9 Å². The highest BCUT2D eigenvalue weighted by molar-refractivity contribution is 7.89. The molecule has 0 aromatic heterocycles. The number of hydrogen-bond donors (Lipinski definition) is 3. The number of sulfonamides is 1. The highest BCUT2D eigenvalue weighted by atomic mass is 32.2. The Morgan fingerprint density at radius 2 is 2.12 bits per heavy atom. The number of nitrogens with two attached hydrogens (primary N) is 1. The lowest BCUT2D eigenvalue weighted by molar-refractivity contribution is -0.136. The third-order valence-electron chi connectivity index (χ3n) is 1.92. The molecular formula is C9H11FN2O4S. The van der Waals surface area contributed by atoms with Gasteiger partial charge in [0.05, 0.1) is 17.0 Å². The SMILES string of the molecule is NS(=O)(=O)c1ccc(NCCC(=O)O)c(F)c1. The van der Waals surface area contributed by atoms with Gasteiger partial charge in [-0.3, -0.25) is 4.79 Å². The van der Waals surface area contributed by atoms with Crippen molar-refractivity contribution >= 4 is 21.7 Å². The molecule has 0 aliphatic rings. The maximum absolute atomic E-state index is 13.4. The van der Waals surface area contributed by atoms with E-state index in [9.17, 15) is 17.6 Å². The van der Waals surface area contributed by atoms with Gasteiger partial charge in [-0.1, -0.05) is 0 Å². The highest BCUT2D eigenvalue weighted by Crippen LogP contribution is 2.17. The summed E-state index contributed by atoms with van der Waals surface area (Å²) in [5.41, 5.74) is 0.0265. The zero-order valence-corrected chi connectivity index (χ0v) is 9.50. The number of halogens is 1. The number of benzene rings is 1. The maximum Gasteiger partial charge on any atom is 0.305 e. The summed E-state index contributed by atoms with van der Waals surface area (Å²) in [6.45, 7) is 0.0426. The number of primary sulfonamides is 1. The average Bonchev–Trinajstić information content (AvgIpc) is 2.18. The summed E-state index contributed by atoms with van der Waals surface area (Å²) in [5, 5.41) is 15.7. The standard InChI is InChI=1S/C9H11FN2O4S/c10-7-5-6(17(11,15)16)1-2-8(7)12-4-3-9(13)14/h1-2,5,12H,3-4H2,(H,13,14)(H2,11,15,16). The first-order valence-corrected chi connectivity index (χ1v) is 6.13. The number of carboxylic acids is 1. The fourth-order valence-corrected chi connectivity index (χ4v) is 1.65. The lowest BCUT2D eigenvalue weighted by Gasteiger charge is -2.07. The van der Waals surface area contributed by atoms with Crippen molar-refractivity contribution in [2.45, 2.75) is 11.3 Å². The molecule has 0 bridgehead atoms. The van der Waals surface area contributed by atoms with Gasteiger partial charge in [0, 0.05) is 6.54 Å². The predicted molar refractivity (Wildman–Crippen MR) is 58.5 cm³/mol. The summed E-state index contributed by atoms with van der Waals surface area (Å²) >= 11 is 0. The summed E-state index contributed by atoms with van der Waals surface area (Å²) in [5.74, 6) is -1.82. The van der Waals surface area contributed by atoms with Gasteiger partial charge in [-0.15, -0.1) is 0 Å². The van der Waals surface area contributed by atoms with Crippen LogP contribution < -0.4 is 10.5 Å². The van der Waals surface area contributed by atoms with E-state index in [1.54, 1.807) is 0 Å². The summed E-state index contributed by atoms with van der Waals surface area (Å²) in [6, 6.07) is 3.11. The van der Waals surface area contributed by atoms with Crippen LogP contribution in [0.4, 0.5) is 10.1 Å². The van der Waals surface area contributed by atoms with E-state index in [1.165, 1.54) is 6.07 Å². The van der Waals surface area contributed by atoms with Gasteiger partial charge in [0.2, 0.25) is 10.0 Å². The molecule has 0 fully saturated rings. The van der Waals surface area contributed by atoms with Crippen LogP contribution in [0.2, 0.25) is 0 Å². The first kappa shape index (κ1) is 13.4. The van der Waals surface area contributed by atoms with Crippen molar-refractivity contribution in [2.24, 2.45) is 5.14 Å². The minimum absolute atomic E-state index is 0.0265. The lowest BCUT2D eigenvalue weighted by Crippen LogP contribution is -2.13. The van der Waals surface area contributed by atoms with E-state index in [0.717, 1.165) is 12.1 Å². The molecule has 4 N–H and O–H groups in total. The molecule has 6 nitrogen and oxygen atoms in total. The van der Waals surface area contributed by atoms with Crippen LogP contribution in [-0.4, -0.2) is 26.0 Å². The molecular weight excluding hydrogens is 251 g/mol. The van der Waals surface area contributed by atoms with Crippen LogP contribution >= 0.6 is 0 Å². The fraction of sp³-hybridized carbons (Fsp3) is 0.222. The normalized spacial score (nSPS) is 11.2. The van der Waals surface area contributed by atoms with E-state index < -0.39 is 21.8 Å². The molecule has 0 heterocycles. The smallest absolute Gasteiger partial charge is 0.305 e. The Kier molecular flexibility index (Phi) is 4.02. The summed E-state index contributed by atoms with van der Waals surface area (Å²) in [6.07, 6.45) is -0.170. The molecule has 0 unspecified atom stereocenters. The van der Waals surface area contributed by atoms with Crippen molar-refractivity contribution in [1.82, 2.24) is 0 Å². The molecule has 1 aromatic carbocycles. The van der Waals surface area contributed by atoms with Crippen LogP contribution in [0.15, 0.2) is 23.1 Å². The van der Waals surface area contributed by atoms with E-state index in [1.807, 2.05) is 0 Å². The van der Waals surface area contributed by atoms with E-state index in [-0.39, 0.29) is 23.5 Å². The van der Waals surface area contributed by atoms with Gasteiger partial charge in [0.25, 0.3) is 0 Å². The van der Waals surface area contributed by atoms with Gasteiger partial charge in [-0.05, 0) is 18.2 Å². The van der Waals surface area contributed by atoms with Crippen molar-refractivity contribution in [3.05, 3.63) is 24.0 Å². The molecule has 0 atom stereocenters. The number of nitrogens with one attached hydrogen (secondary N) is 1. The van der Waals surface area contributed by atoms with Crippen LogP contribution in [0.5, 0.6) is 0 Å². The molecule has 1 aromatic rings. The van der Waals surface area contributed by atoms with Crippen molar-refractivity contribution in [3.63, 3.8) is 0 Å². The van der Waals surface area contributed by atoms with Crippen molar-refractivity contribution in [2.75, 3.05) is 11.9 Å². The highest BCUT2D eigenvalue weighted by Gasteiger charge is 2.11. The lowest BCUT2D eigenvalue weighted by atomic mass is 10.3. The van der Waals surface area contributed by atoms with Crippen LogP contribution in [0.1, 0.15) is 6.42 Å². The second-order valence-corrected chi connectivity index (χ2v) is 4.82. The Hall–Kier alpha value is -1.67. The van der Waals surface area contributed by atoms with Gasteiger partial charge < -0.3 is 10.4 Å². The topological polar surface area (TPSA) is 109 Å². The number of anilines is 1. The molecule has 17 heavy (non-hydrogen) atoms. The summed E-state index contributed by atoms with van der Waals surface area (Å²) in [7, 11) is -3.94. The Labute approximate surface area is 97.3 Å². The zero-order valence-electron chi connectivity index (χ0n) is 8.68. The molecule has 8 heteroatoms. The third kappa shape index (κ3) is 4.00. The second kappa shape index (κ2) is 5.11. The van der Waals surface area contributed by atoms with Gasteiger partial charge in [-0.2, -0.15) is 0 Å². The summed E-state index contributed by atoms with van der Waals surface area (Å²) in [4.78, 5) is 9.90. The van der Waals surface area contributed by atoms with Crippen LogP contribution in [-0.2, 0) is 14.8 Å². The molecule has 0 radical (unpaired) electrons. The molecule has 94 valence electrons. The number of hydrogen-bond acceptors (Lipinski definition) is 4. The fourth-order valence-electron chi connectivity index (χ4n) is 1.12. The van der Waals surface area contributed by atoms with E-state index >= 15 is 0 Å². The Morgan fingerprint density at radius 3 is 2.59 bits per heavy atom. The second-order valence-electron chi connectivity index (χ2n) is 3.26. The van der Waals surface area contributed by atoms with Gasteiger partial charge in [0.1, 0.15) is 5.82 Å². The van der Waals surface area contributed by atoms with E-state index in [4.69, 9.17) is 10.2 Å². The number of aliphatic carboxylic acids is 1. The molecule has 0 saturated carbocycles. The average molecular weight is 262 g/mol. The van der Waals surface area contributed by atoms with Crippen molar-refractivity contribution in [3.8, 4) is 0 Å². The minimum atomic E-state index is -3.94. The van der Waals surface area contributed by atoms with Crippen LogP contribution in [0.25, 0.3) is 0 Å². The monoisotopic (exact) mass is 262 g/mol. The maximum atomic E-state index is 13.4. The molecule has 1 rings (SSSR count). The molecule has 0 aliphatic heterocycles. The number of carbonyl (C=O) groups is 1. The van der Waals surface area contributed by atoms with E-state index in [0.29, 0.717) is 0 Å². The minimum Gasteiger partial charge on any atom is -0.481 e. The Bertz CT molecular complexity index is 530. The molecule has 0 saturated heterocycles. The summed E-state index contributed by atoms with van der Waals surface area (Å²) < 4.78 is 35.2. The number of rotatable bonds is 5. The largest absolute Gasteiger partial charge is 0.481 e. The van der Waals surface area contributed by atoms with Gasteiger partial charge in [0.15, 0.2) is 0 Å². The third-order valence-corrected chi connectivity index (χ3v) is 2.83. The van der Waals surface area contributed by atoms with Crippen molar-refractivity contribution in [1.29, 1.82) is 0 Å². The molecule has 0 spiro atoms. The molecule has 0 aliphatic carbocycles. The first-order valence-electron chi connectivity index (χ1n) is 4.59. The van der Waals surface area contributed by atoms with Crippen LogP contribution in [0.3, 0.4) is 0 Å². The number of carboxylic acid groups (broad SMARTS) is 1. The Morgan fingerprint density at radius 1 is 1.47 bits per heavy atom.